The number of nitrogens with zero attached hydrogens (tertiary/aromatic N) is 1. The fourth-order valence-electron chi connectivity index (χ4n) is 3.12. The van der Waals surface area contributed by atoms with E-state index in [4.69, 9.17) is 5.73 Å². The van der Waals surface area contributed by atoms with Gasteiger partial charge in [0.25, 0.3) is 0 Å². The highest BCUT2D eigenvalue weighted by Crippen LogP contribution is 2.27. The summed E-state index contributed by atoms with van der Waals surface area (Å²) in [5.74, 6) is 0.413. The average molecular weight is 290 g/mol. The van der Waals surface area contributed by atoms with E-state index >= 15 is 0 Å². The SMILES string of the molecule is NC(CC1CCCCC1)[C@@H](O)C(=O)CCc1ccccn1. The van der Waals surface area contributed by atoms with Crippen LogP contribution in [0.4, 0.5) is 0 Å². The summed E-state index contributed by atoms with van der Waals surface area (Å²) in [6, 6.07) is 5.21. The third-order valence-electron chi connectivity index (χ3n) is 4.42. The number of aliphatic hydroxyl groups is 1. The number of hydrogen-bond donors (Lipinski definition) is 2. The van der Waals surface area contributed by atoms with E-state index in [2.05, 4.69) is 4.98 Å². The third-order valence-corrected chi connectivity index (χ3v) is 4.42. The van der Waals surface area contributed by atoms with Crippen LogP contribution in [0.15, 0.2) is 24.4 Å². The lowest BCUT2D eigenvalue weighted by Crippen LogP contribution is -2.42. The monoisotopic (exact) mass is 290 g/mol. The highest BCUT2D eigenvalue weighted by molar-refractivity contribution is 5.83. The van der Waals surface area contributed by atoms with Crippen LogP contribution in [-0.4, -0.2) is 28.0 Å². The number of pyridine rings is 1. The van der Waals surface area contributed by atoms with Crippen molar-refractivity contribution in [3.05, 3.63) is 30.1 Å². The summed E-state index contributed by atoms with van der Waals surface area (Å²) in [5, 5.41) is 10.1. The number of aryl methyl sites for hydroxylation is 1. The van der Waals surface area contributed by atoms with Crippen LogP contribution in [0.1, 0.15) is 50.6 Å². The fourth-order valence-corrected chi connectivity index (χ4v) is 3.12. The third kappa shape index (κ3) is 5.21. The van der Waals surface area contributed by atoms with Crippen LogP contribution >= 0.6 is 0 Å². The molecule has 21 heavy (non-hydrogen) atoms. The average Bonchev–Trinajstić information content (AvgIpc) is 2.53. The van der Waals surface area contributed by atoms with Crippen molar-refractivity contribution in [1.29, 1.82) is 0 Å². The molecule has 1 saturated carbocycles. The van der Waals surface area contributed by atoms with Gasteiger partial charge < -0.3 is 10.8 Å². The number of ketones is 1. The molecule has 0 amide bonds. The van der Waals surface area contributed by atoms with Crippen LogP contribution in [-0.2, 0) is 11.2 Å². The van der Waals surface area contributed by atoms with Crippen LogP contribution in [0.3, 0.4) is 0 Å². The van der Waals surface area contributed by atoms with Crippen LogP contribution in [0.5, 0.6) is 0 Å². The molecule has 4 heteroatoms. The molecule has 2 atom stereocenters. The Balaban J connectivity index is 1.75. The molecule has 1 fully saturated rings. The molecule has 4 nitrogen and oxygen atoms in total. The highest BCUT2D eigenvalue weighted by atomic mass is 16.3. The van der Waals surface area contributed by atoms with E-state index in [1.54, 1.807) is 6.20 Å². The van der Waals surface area contributed by atoms with E-state index in [0.717, 1.165) is 12.1 Å². The molecule has 1 aromatic rings. The molecule has 1 aromatic heterocycles. The van der Waals surface area contributed by atoms with E-state index in [9.17, 15) is 9.90 Å². The van der Waals surface area contributed by atoms with Gasteiger partial charge in [-0.3, -0.25) is 9.78 Å². The Morgan fingerprint density at radius 1 is 1.33 bits per heavy atom. The molecule has 116 valence electrons. The van der Waals surface area contributed by atoms with E-state index < -0.39 is 12.1 Å². The van der Waals surface area contributed by atoms with Crippen molar-refractivity contribution < 1.29 is 9.90 Å². The second-order valence-electron chi connectivity index (χ2n) is 6.14. The summed E-state index contributed by atoms with van der Waals surface area (Å²) < 4.78 is 0. The number of hydrogen-bond acceptors (Lipinski definition) is 4. The van der Waals surface area contributed by atoms with Gasteiger partial charge in [0.15, 0.2) is 5.78 Å². The largest absolute Gasteiger partial charge is 0.384 e. The number of aromatic nitrogens is 1. The predicted octanol–water partition coefficient (Wildman–Crippen LogP) is 2.24. The van der Waals surface area contributed by atoms with Crippen LogP contribution in [0.25, 0.3) is 0 Å². The molecule has 0 aromatic carbocycles. The first-order valence-electron chi connectivity index (χ1n) is 8.03. The van der Waals surface area contributed by atoms with Crippen LogP contribution in [0.2, 0.25) is 0 Å². The maximum absolute atomic E-state index is 12.0. The summed E-state index contributed by atoms with van der Waals surface area (Å²) in [4.78, 5) is 16.2. The zero-order chi connectivity index (χ0) is 15.1. The van der Waals surface area contributed by atoms with E-state index in [1.807, 2.05) is 18.2 Å². The lowest BCUT2D eigenvalue weighted by molar-refractivity contribution is -0.128. The van der Waals surface area contributed by atoms with Gasteiger partial charge in [-0.1, -0.05) is 38.2 Å². The zero-order valence-corrected chi connectivity index (χ0v) is 12.6. The van der Waals surface area contributed by atoms with Gasteiger partial charge in [0.1, 0.15) is 6.10 Å². The maximum atomic E-state index is 12.0. The minimum Gasteiger partial charge on any atom is -0.384 e. The first-order chi connectivity index (χ1) is 10.2. The Kier molecular flexibility index (Phi) is 6.33. The van der Waals surface area contributed by atoms with Crippen LogP contribution in [0, 0.1) is 5.92 Å². The molecule has 2 rings (SSSR count). The van der Waals surface area contributed by atoms with Crippen molar-refractivity contribution in [3.63, 3.8) is 0 Å². The first kappa shape index (κ1) is 16.1. The quantitative estimate of drug-likeness (QED) is 0.807. The van der Waals surface area contributed by atoms with Gasteiger partial charge in [0, 0.05) is 24.4 Å². The number of aliphatic hydroxyl groups excluding tert-OH is 1. The van der Waals surface area contributed by atoms with Crippen molar-refractivity contribution in [1.82, 2.24) is 4.98 Å². The van der Waals surface area contributed by atoms with Gasteiger partial charge in [-0.25, -0.2) is 0 Å². The molecule has 1 unspecified atom stereocenters. The van der Waals surface area contributed by atoms with Crippen molar-refractivity contribution in [2.45, 2.75) is 63.5 Å². The van der Waals surface area contributed by atoms with Crippen molar-refractivity contribution in [2.24, 2.45) is 11.7 Å². The summed E-state index contributed by atoms with van der Waals surface area (Å²) in [5.41, 5.74) is 6.91. The molecule has 1 aliphatic rings. The van der Waals surface area contributed by atoms with E-state index in [-0.39, 0.29) is 5.78 Å². The molecule has 0 radical (unpaired) electrons. The van der Waals surface area contributed by atoms with Gasteiger partial charge in [0.05, 0.1) is 0 Å². The lowest BCUT2D eigenvalue weighted by atomic mass is 9.83. The molecule has 0 spiro atoms. The second-order valence-corrected chi connectivity index (χ2v) is 6.14. The first-order valence-corrected chi connectivity index (χ1v) is 8.03. The van der Waals surface area contributed by atoms with Gasteiger partial charge >= 0.3 is 0 Å². The molecule has 0 bridgehead atoms. The summed E-state index contributed by atoms with van der Waals surface area (Å²) >= 11 is 0. The van der Waals surface area contributed by atoms with Crippen LogP contribution < -0.4 is 5.73 Å². The minimum absolute atomic E-state index is 0.163. The number of rotatable bonds is 7. The Morgan fingerprint density at radius 3 is 2.76 bits per heavy atom. The fraction of sp³-hybridized carbons (Fsp3) is 0.647. The number of Topliss-reactive ketones (excluding diaryl/α,β-unsaturated/α-hetero) is 1. The molecule has 0 saturated heterocycles. The summed E-state index contributed by atoms with van der Waals surface area (Å²) in [6.45, 7) is 0. The Morgan fingerprint density at radius 2 is 2.10 bits per heavy atom. The van der Waals surface area contributed by atoms with Crippen molar-refractivity contribution in [2.75, 3.05) is 0 Å². The summed E-state index contributed by atoms with van der Waals surface area (Å²) in [6.07, 6.45) is 8.48. The minimum atomic E-state index is -1.03. The van der Waals surface area contributed by atoms with Gasteiger partial charge in [-0.05, 0) is 30.9 Å². The molecule has 1 aliphatic carbocycles. The van der Waals surface area contributed by atoms with Crippen molar-refractivity contribution >= 4 is 5.78 Å². The zero-order valence-electron chi connectivity index (χ0n) is 12.6. The molecule has 3 N–H and O–H groups in total. The predicted molar refractivity (Wildman–Crippen MR) is 82.7 cm³/mol. The van der Waals surface area contributed by atoms with Gasteiger partial charge in [0.2, 0.25) is 0 Å². The number of nitrogens with two attached hydrogens (primary N) is 1. The second kappa shape index (κ2) is 8.25. The standard InChI is InChI=1S/C17H26N2O2/c18-15(12-13-6-2-1-3-7-13)17(21)16(20)10-9-14-8-4-5-11-19-14/h4-5,8,11,13,15,17,21H,1-3,6-7,9-10,12,18H2/t15?,17-/m1/s1. The van der Waals surface area contributed by atoms with E-state index in [1.165, 1.54) is 32.1 Å². The highest BCUT2D eigenvalue weighted by Gasteiger charge is 2.26. The number of carbonyl (C=O) groups is 1. The van der Waals surface area contributed by atoms with E-state index in [0.29, 0.717) is 18.8 Å². The van der Waals surface area contributed by atoms with Gasteiger partial charge in [-0.15, -0.1) is 0 Å². The Bertz CT molecular complexity index is 430. The Labute approximate surface area is 126 Å². The topological polar surface area (TPSA) is 76.2 Å². The molecule has 0 aliphatic heterocycles. The maximum Gasteiger partial charge on any atom is 0.163 e. The smallest absolute Gasteiger partial charge is 0.163 e. The normalized spacial score (nSPS) is 19.1. The molecular weight excluding hydrogens is 264 g/mol. The number of carbonyl (C=O) groups excluding carboxylic acids is 1. The van der Waals surface area contributed by atoms with Crippen molar-refractivity contribution in [3.8, 4) is 0 Å². The van der Waals surface area contributed by atoms with Gasteiger partial charge in [-0.2, -0.15) is 0 Å². The summed E-state index contributed by atoms with van der Waals surface area (Å²) in [7, 11) is 0. The molecule has 1 heterocycles. The lowest BCUT2D eigenvalue weighted by Gasteiger charge is -2.26. The molecular formula is C17H26N2O2. The Hall–Kier alpha value is -1.26.